The lowest BCUT2D eigenvalue weighted by Crippen LogP contribution is -2.35. The number of nitrogens with zero attached hydrogens (tertiary/aromatic N) is 2. The number of phenols is 1. The Bertz CT molecular complexity index is 1690. The lowest BCUT2D eigenvalue weighted by atomic mass is 9.69. The number of amides is 2. The van der Waals surface area contributed by atoms with Crippen LogP contribution in [0.2, 0.25) is 0 Å². The van der Waals surface area contributed by atoms with Gasteiger partial charge in [-0.2, -0.15) is 0 Å². The summed E-state index contributed by atoms with van der Waals surface area (Å²) in [5, 5.41) is 20.9. The van der Waals surface area contributed by atoms with Crippen LogP contribution in [0.1, 0.15) is 31.7 Å². The summed E-state index contributed by atoms with van der Waals surface area (Å²) in [7, 11) is 0. The van der Waals surface area contributed by atoms with Crippen molar-refractivity contribution in [3.05, 3.63) is 111 Å². The maximum absolute atomic E-state index is 13.9. The Kier molecular flexibility index (Phi) is 8.01. The molecular formula is C34H31FN2O7. The molecule has 0 spiro atoms. The van der Waals surface area contributed by atoms with E-state index in [9.17, 15) is 29.2 Å². The van der Waals surface area contributed by atoms with Crippen molar-refractivity contribution in [1.29, 1.82) is 0 Å². The normalized spacial score (nSPS) is 23.1. The van der Waals surface area contributed by atoms with E-state index < -0.39 is 28.3 Å². The van der Waals surface area contributed by atoms with E-state index in [4.69, 9.17) is 9.47 Å². The number of fused-ring (bicyclic) bond motifs is 3. The zero-order chi connectivity index (χ0) is 31.0. The molecule has 3 aliphatic rings. The second-order valence-corrected chi connectivity index (χ2v) is 11.5. The SMILES string of the molecule is C/C(=C\c1ccc(O)c(F)c1)CC[C@H]1OC[C@H]2C1=C(COc1ccccc1)C[C@H]1C(=O)N(c3cccc([N+](=O)[O-])c3)C(=O)[C@H]12. The molecule has 0 saturated carbocycles. The maximum Gasteiger partial charge on any atom is 0.271 e. The zero-order valence-corrected chi connectivity index (χ0v) is 24.0. The third-order valence-corrected chi connectivity index (χ3v) is 8.65. The van der Waals surface area contributed by atoms with Crippen molar-refractivity contribution in [1.82, 2.24) is 0 Å². The molecule has 0 radical (unpaired) electrons. The topological polar surface area (TPSA) is 119 Å². The largest absolute Gasteiger partial charge is 0.505 e. The standard InChI is InChI=1S/C34H31FN2O7/c1-20(14-21-11-12-29(38)28(35)15-21)10-13-30-31-22(18-43-25-8-3-2-4-9-25)16-26-32(27(31)19-44-30)34(40)36(33(26)39)23-6-5-7-24(17-23)37(41)42/h2-9,11-12,14-15,17,26-27,30,32,38H,10,13,16,18-19H2,1H3/b20-14+/t26-,27+,30-,32-/m1/s1. The molecule has 226 valence electrons. The van der Waals surface area contributed by atoms with E-state index in [2.05, 4.69) is 0 Å². The molecule has 10 heteroatoms. The predicted octanol–water partition coefficient (Wildman–Crippen LogP) is 6.22. The van der Waals surface area contributed by atoms with Gasteiger partial charge in [0.2, 0.25) is 11.8 Å². The molecular weight excluding hydrogens is 567 g/mol. The van der Waals surface area contributed by atoms with Gasteiger partial charge in [-0.1, -0.05) is 42.0 Å². The molecule has 9 nitrogen and oxygen atoms in total. The third-order valence-electron chi connectivity index (χ3n) is 8.65. The van der Waals surface area contributed by atoms with Gasteiger partial charge in [0, 0.05) is 18.1 Å². The number of carbonyl (C=O) groups excluding carboxylic acids is 2. The summed E-state index contributed by atoms with van der Waals surface area (Å²) in [5.41, 5.74) is 3.52. The second-order valence-electron chi connectivity index (χ2n) is 11.5. The maximum atomic E-state index is 13.9. The van der Waals surface area contributed by atoms with E-state index >= 15 is 0 Å². The van der Waals surface area contributed by atoms with Crippen LogP contribution in [0.15, 0.2) is 89.5 Å². The van der Waals surface area contributed by atoms with E-state index in [0.717, 1.165) is 21.6 Å². The molecule has 4 atom stereocenters. The molecule has 2 amide bonds. The van der Waals surface area contributed by atoms with Gasteiger partial charge in [0.05, 0.1) is 35.2 Å². The van der Waals surface area contributed by atoms with Crippen molar-refractivity contribution in [3.63, 3.8) is 0 Å². The average molecular weight is 599 g/mol. The van der Waals surface area contributed by atoms with Gasteiger partial charge in [-0.05, 0) is 73.2 Å². The van der Waals surface area contributed by atoms with Crippen LogP contribution in [0, 0.1) is 33.7 Å². The van der Waals surface area contributed by atoms with Gasteiger partial charge in [-0.3, -0.25) is 19.7 Å². The number of nitro groups is 1. The summed E-state index contributed by atoms with van der Waals surface area (Å²) in [6, 6.07) is 19.2. The van der Waals surface area contributed by atoms with Crippen molar-refractivity contribution in [2.24, 2.45) is 17.8 Å². The first-order valence-corrected chi connectivity index (χ1v) is 14.5. The molecule has 0 unspecified atom stereocenters. The van der Waals surface area contributed by atoms with Crippen LogP contribution >= 0.6 is 0 Å². The summed E-state index contributed by atoms with van der Waals surface area (Å²) < 4.78 is 26.3. The third kappa shape index (κ3) is 5.60. The van der Waals surface area contributed by atoms with Crippen LogP contribution in [0.5, 0.6) is 11.5 Å². The highest BCUT2D eigenvalue weighted by atomic mass is 19.1. The molecule has 0 bridgehead atoms. The van der Waals surface area contributed by atoms with Crippen LogP contribution in [-0.2, 0) is 14.3 Å². The number of halogens is 1. The molecule has 2 fully saturated rings. The van der Waals surface area contributed by atoms with Crippen molar-refractivity contribution in [2.45, 2.75) is 32.3 Å². The van der Waals surface area contributed by atoms with E-state index in [1.165, 1.54) is 36.4 Å². The fourth-order valence-corrected chi connectivity index (χ4v) is 6.62. The van der Waals surface area contributed by atoms with Gasteiger partial charge >= 0.3 is 0 Å². The van der Waals surface area contributed by atoms with Gasteiger partial charge in [0.15, 0.2) is 11.6 Å². The van der Waals surface area contributed by atoms with Gasteiger partial charge in [0.25, 0.3) is 5.69 Å². The molecule has 2 aliphatic heterocycles. The van der Waals surface area contributed by atoms with Gasteiger partial charge in [-0.25, -0.2) is 9.29 Å². The number of aromatic hydroxyl groups is 1. The van der Waals surface area contributed by atoms with E-state index in [1.807, 2.05) is 43.3 Å². The number of benzene rings is 3. The average Bonchev–Trinajstić information content (AvgIpc) is 3.55. The fraction of sp³-hybridized carbons (Fsp3) is 0.294. The minimum absolute atomic E-state index is 0.189. The number of rotatable bonds is 9. The number of carbonyl (C=O) groups is 2. The van der Waals surface area contributed by atoms with Crippen LogP contribution in [-0.4, -0.2) is 41.2 Å². The minimum Gasteiger partial charge on any atom is -0.505 e. The summed E-state index contributed by atoms with van der Waals surface area (Å²) in [4.78, 5) is 39.5. The number of non-ortho nitro benzene ring substituents is 1. The lowest BCUT2D eigenvalue weighted by Gasteiger charge is -2.31. The van der Waals surface area contributed by atoms with E-state index in [1.54, 1.807) is 6.07 Å². The summed E-state index contributed by atoms with van der Waals surface area (Å²) in [6.45, 7) is 2.44. The van der Waals surface area contributed by atoms with Gasteiger partial charge in [-0.15, -0.1) is 0 Å². The monoisotopic (exact) mass is 598 g/mol. The summed E-state index contributed by atoms with van der Waals surface area (Å²) in [6.07, 6.45) is 3.12. The zero-order valence-electron chi connectivity index (χ0n) is 24.0. The minimum atomic E-state index is -0.687. The number of nitro benzene ring substituents is 1. The highest BCUT2D eigenvalue weighted by Crippen LogP contribution is 2.50. The van der Waals surface area contributed by atoms with Gasteiger partial charge in [0.1, 0.15) is 12.4 Å². The molecule has 6 rings (SSSR count). The number of para-hydroxylation sites is 1. The Morgan fingerprint density at radius 2 is 1.89 bits per heavy atom. The lowest BCUT2D eigenvalue weighted by molar-refractivity contribution is -0.384. The summed E-state index contributed by atoms with van der Waals surface area (Å²) in [5.74, 6) is -2.75. The number of imide groups is 1. The number of allylic oxidation sites excluding steroid dienone is 1. The van der Waals surface area contributed by atoms with E-state index in [-0.39, 0.29) is 48.4 Å². The van der Waals surface area contributed by atoms with Crippen LogP contribution in [0.3, 0.4) is 0 Å². The Labute approximate surface area is 253 Å². The number of hydrogen-bond acceptors (Lipinski definition) is 7. The fourth-order valence-electron chi connectivity index (χ4n) is 6.62. The van der Waals surface area contributed by atoms with Crippen molar-refractivity contribution < 1.29 is 33.5 Å². The van der Waals surface area contributed by atoms with Crippen LogP contribution < -0.4 is 9.64 Å². The quantitative estimate of drug-likeness (QED) is 0.134. The molecule has 0 aromatic heterocycles. The Morgan fingerprint density at radius 1 is 1.09 bits per heavy atom. The molecule has 3 aromatic carbocycles. The van der Waals surface area contributed by atoms with Crippen LogP contribution in [0.25, 0.3) is 6.08 Å². The second kappa shape index (κ2) is 12.0. The molecule has 1 N–H and O–H groups in total. The van der Waals surface area contributed by atoms with Gasteiger partial charge < -0.3 is 14.6 Å². The molecule has 3 aromatic rings. The number of hydrogen-bond donors (Lipinski definition) is 1. The first-order chi connectivity index (χ1) is 21.2. The number of phenolic OH excluding ortho intramolecular Hbond substituents is 1. The highest BCUT2D eigenvalue weighted by molar-refractivity contribution is 6.22. The number of anilines is 1. The van der Waals surface area contributed by atoms with Crippen molar-refractivity contribution >= 4 is 29.3 Å². The first kappa shape index (κ1) is 29.3. The summed E-state index contributed by atoms with van der Waals surface area (Å²) >= 11 is 0. The van der Waals surface area contributed by atoms with Crippen molar-refractivity contribution in [2.75, 3.05) is 18.1 Å². The molecule has 1 aliphatic carbocycles. The Hall–Kier alpha value is -4.83. The molecule has 2 heterocycles. The molecule has 44 heavy (non-hydrogen) atoms. The Morgan fingerprint density at radius 3 is 2.64 bits per heavy atom. The van der Waals surface area contributed by atoms with Crippen LogP contribution in [0.4, 0.5) is 15.8 Å². The Balaban J connectivity index is 1.27. The first-order valence-electron chi connectivity index (χ1n) is 14.5. The smallest absolute Gasteiger partial charge is 0.271 e. The highest BCUT2D eigenvalue weighted by Gasteiger charge is 2.57. The van der Waals surface area contributed by atoms with E-state index in [0.29, 0.717) is 30.6 Å². The van der Waals surface area contributed by atoms with Crippen molar-refractivity contribution in [3.8, 4) is 11.5 Å². The molecule has 2 saturated heterocycles. The predicted molar refractivity (Wildman–Crippen MR) is 160 cm³/mol. The number of ether oxygens (including phenoxy) is 2.